The third-order valence-electron chi connectivity index (χ3n) is 3.17. The number of hydrogen-bond donors (Lipinski definition) is 2. The van der Waals surface area contributed by atoms with Gasteiger partial charge in [-0.25, -0.2) is 4.39 Å². The van der Waals surface area contributed by atoms with E-state index < -0.39 is 6.17 Å². The molecule has 0 aromatic rings. The summed E-state index contributed by atoms with van der Waals surface area (Å²) in [5, 5.41) is 3.18. The van der Waals surface area contributed by atoms with Crippen molar-refractivity contribution in [3.8, 4) is 0 Å². The Kier molecular flexibility index (Phi) is 6.67. The SMILES string of the molecule is C=C(/C=C\N)/C(=N\CN(C)C)NC1CN(C)CCC1F. The van der Waals surface area contributed by atoms with E-state index in [1.54, 1.807) is 6.08 Å². The summed E-state index contributed by atoms with van der Waals surface area (Å²) in [6.07, 6.45) is 2.75. The number of likely N-dealkylation sites (N-methyl/N-ethyl adjacent to an activating group) is 1. The van der Waals surface area contributed by atoms with Crippen LogP contribution in [-0.2, 0) is 0 Å². The number of hydrogen-bond acceptors (Lipinski definition) is 4. The zero-order chi connectivity index (χ0) is 15.1. The molecule has 0 saturated carbocycles. The zero-order valence-electron chi connectivity index (χ0n) is 12.6. The van der Waals surface area contributed by atoms with Crippen molar-refractivity contribution >= 4 is 5.84 Å². The van der Waals surface area contributed by atoms with E-state index >= 15 is 0 Å². The molecule has 1 aliphatic rings. The summed E-state index contributed by atoms with van der Waals surface area (Å²) in [6.45, 7) is 5.87. The standard InChI is InChI=1S/C14H26FN5/c1-11(5-7-16)14(17-10-19(2)3)18-13-9-20(4)8-6-12(13)15/h5,7,12-13H,1,6,8-10,16H2,2-4H3,(H,17,18)/b7-5-. The largest absolute Gasteiger partial charge is 0.405 e. The molecule has 2 atom stereocenters. The van der Waals surface area contributed by atoms with Crippen LogP contribution in [0.3, 0.4) is 0 Å². The molecule has 0 spiro atoms. The maximum Gasteiger partial charge on any atom is 0.129 e. The van der Waals surface area contributed by atoms with Gasteiger partial charge in [0, 0.05) is 18.7 Å². The summed E-state index contributed by atoms with van der Waals surface area (Å²) < 4.78 is 14.0. The van der Waals surface area contributed by atoms with Crippen LogP contribution in [0.2, 0.25) is 0 Å². The van der Waals surface area contributed by atoms with E-state index in [1.165, 1.54) is 6.20 Å². The molecule has 1 fully saturated rings. The first-order valence-electron chi connectivity index (χ1n) is 6.80. The number of amidine groups is 1. The molecule has 2 unspecified atom stereocenters. The van der Waals surface area contributed by atoms with E-state index in [-0.39, 0.29) is 6.04 Å². The molecule has 1 heterocycles. The summed E-state index contributed by atoms with van der Waals surface area (Å²) in [7, 11) is 5.84. The highest BCUT2D eigenvalue weighted by Crippen LogP contribution is 2.13. The third kappa shape index (κ3) is 5.30. The predicted molar refractivity (Wildman–Crippen MR) is 82.4 cm³/mol. The first-order chi connectivity index (χ1) is 9.43. The molecular weight excluding hydrogens is 257 g/mol. The van der Waals surface area contributed by atoms with Crippen LogP contribution in [-0.4, -0.2) is 68.8 Å². The Morgan fingerprint density at radius 1 is 1.60 bits per heavy atom. The van der Waals surface area contributed by atoms with Gasteiger partial charge in [0.2, 0.25) is 0 Å². The number of nitrogens with two attached hydrogens (primary N) is 1. The van der Waals surface area contributed by atoms with Gasteiger partial charge in [-0.3, -0.25) is 9.89 Å². The number of nitrogens with zero attached hydrogens (tertiary/aromatic N) is 3. The summed E-state index contributed by atoms with van der Waals surface area (Å²) >= 11 is 0. The molecule has 1 rings (SSSR count). The summed E-state index contributed by atoms with van der Waals surface area (Å²) in [5.41, 5.74) is 6.05. The fourth-order valence-corrected chi connectivity index (χ4v) is 2.05. The third-order valence-corrected chi connectivity index (χ3v) is 3.17. The van der Waals surface area contributed by atoms with E-state index in [2.05, 4.69) is 21.8 Å². The molecule has 5 nitrogen and oxygen atoms in total. The highest BCUT2D eigenvalue weighted by atomic mass is 19.1. The number of alkyl halides is 1. The topological polar surface area (TPSA) is 56.9 Å². The van der Waals surface area contributed by atoms with Crippen molar-refractivity contribution in [2.45, 2.75) is 18.6 Å². The molecule has 0 aromatic heterocycles. The Bertz CT molecular complexity index is 378. The van der Waals surface area contributed by atoms with E-state index in [1.807, 2.05) is 26.0 Å². The van der Waals surface area contributed by atoms with E-state index in [0.717, 1.165) is 6.54 Å². The highest BCUT2D eigenvalue weighted by Gasteiger charge is 2.28. The quantitative estimate of drug-likeness (QED) is 0.440. The minimum atomic E-state index is -0.870. The molecule has 0 bridgehead atoms. The first-order valence-corrected chi connectivity index (χ1v) is 6.80. The van der Waals surface area contributed by atoms with Crippen LogP contribution in [0, 0.1) is 0 Å². The lowest BCUT2D eigenvalue weighted by Gasteiger charge is -2.34. The number of halogens is 1. The van der Waals surface area contributed by atoms with Crippen LogP contribution in [0.15, 0.2) is 29.4 Å². The smallest absolute Gasteiger partial charge is 0.129 e. The van der Waals surface area contributed by atoms with Gasteiger partial charge >= 0.3 is 0 Å². The predicted octanol–water partition coefficient (Wildman–Crippen LogP) is 0.564. The molecule has 1 saturated heterocycles. The minimum Gasteiger partial charge on any atom is -0.405 e. The van der Waals surface area contributed by atoms with Crippen LogP contribution in [0.5, 0.6) is 0 Å². The Hall–Kier alpha value is -1.40. The van der Waals surface area contributed by atoms with Crippen molar-refractivity contribution < 1.29 is 4.39 Å². The molecule has 0 amide bonds. The van der Waals surface area contributed by atoms with Crippen molar-refractivity contribution in [2.75, 3.05) is 40.9 Å². The monoisotopic (exact) mass is 283 g/mol. The highest BCUT2D eigenvalue weighted by molar-refractivity contribution is 6.00. The van der Waals surface area contributed by atoms with Crippen LogP contribution in [0.25, 0.3) is 0 Å². The maximum absolute atomic E-state index is 14.0. The van der Waals surface area contributed by atoms with Crippen molar-refractivity contribution in [2.24, 2.45) is 10.7 Å². The lowest BCUT2D eigenvalue weighted by atomic mass is 10.0. The van der Waals surface area contributed by atoms with Gasteiger partial charge in [0.15, 0.2) is 0 Å². The molecule has 0 radical (unpaired) electrons. The van der Waals surface area contributed by atoms with Crippen molar-refractivity contribution in [3.05, 3.63) is 24.4 Å². The molecule has 0 aromatic carbocycles. The van der Waals surface area contributed by atoms with E-state index in [0.29, 0.717) is 31.0 Å². The first kappa shape index (κ1) is 16.7. The minimum absolute atomic E-state index is 0.266. The summed E-state index contributed by atoms with van der Waals surface area (Å²) in [4.78, 5) is 8.48. The fourth-order valence-electron chi connectivity index (χ4n) is 2.05. The Morgan fingerprint density at radius 3 is 2.90 bits per heavy atom. The molecule has 0 aliphatic carbocycles. The van der Waals surface area contributed by atoms with Gasteiger partial charge in [-0.1, -0.05) is 6.58 Å². The zero-order valence-corrected chi connectivity index (χ0v) is 12.6. The molecule has 114 valence electrons. The number of nitrogens with one attached hydrogen (secondary N) is 1. The molecule has 6 heteroatoms. The van der Waals surface area contributed by atoms with Gasteiger partial charge in [0.1, 0.15) is 12.0 Å². The average molecular weight is 283 g/mol. The number of aliphatic imine (C=N–C) groups is 1. The maximum atomic E-state index is 14.0. The molecule has 1 aliphatic heterocycles. The second-order valence-electron chi connectivity index (χ2n) is 5.43. The molecule has 20 heavy (non-hydrogen) atoms. The van der Waals surface area contributed by atoms with E-state index in [4.69, 9.17) is 5.73 Å². The summed E-state index contributed by atoms with van der Waals surface area (Å²) in [5.74, 6) is 0.600. The van der Waals surface area contributed by atoms with Crippen molar-refractivity contribution in [1.29, 1.82) is 0 Å². The van der Waals surface area contributed by atoms with Gasteiger partial charge in [-0.15, -0.1) is 0 Å². The fraction of sp³-hybridized carbons (Fsp3) is 0.643. The lowest BCUT2D eigenvalue weighted by molar-refractivity contribution is 0.138. The second-order valence-corrected chi connectivity index (χ2v) is 5.43. The number of likely N-dealkylation sites (tertiary alicyclic amines) is 1. The van der Waals surface area contributed by atoms with Crippen LogP contribution >= 0.6 is 0 Å². The lowest BCUT2D eigenvalue weighted by Crippen LogP contribution is -2.53. The second kappa shape index (κ2) is 8.01. The number of rotatable bonds is 5. The van der Waals surface area contributed by atoms with Gasteiger partial charge in [0.05, 0.1) is 12.7 Å². The van der Waals surface area contributed by atoms with Crippen molar-refractivity contribution in [3.63, 3.8) is 0 Å². The molecular formula is C14H26FN5. The van der Waals surface area contributed by atoms with Gasteiger partial charge in [-0.05, 0) is 39.8 Å². The van der Waals surface area contributed by atoms with Crippen LogP contribution in [0.1, 0.15) is 6.42 Å². The van der Waals surface area contributed by atoms with Gasteiger partial charge in [-0.2, -0.15) is 0 Å². The normalized spacial score (nSPS) is 25.4. The van der Waals surface area contributed by atoms with E-state index in [9.17, 15) is 4.39 Å². The Morgan fingerprint density at radius 2 is 2.30 bits per heavy atom. The Labute approximate surface area is 121 Å². The van der Waals surface area contributed by atoms with Crippen LogP contribution in [0.4, 0.5) is 4.39 Å². The average Bonchev–Trinajstić information content (AvgIpc) is 2.38. The van der Waals surface area contributed by atoms with Gasteiger partial charge < -0.3 is 16.0 Å². The van der Waals surface area contributed by atoms with Crippen LogP contribution < -0.4 is 11.1 Å². The number of piperidine rings is 1. The summed E-state index contributed by atoms with van der Waals surface area (Å²) in [6, 6.07) is -0.266. The molecule has 3 N–H and O–H groups in total. The Balaban J connectivity index is 2.77. The van der Waals surface area contributed by atoms with Crippen molar-refractivity contribution in [1.82, 2.24) is 15.1 Å². The van der Waals surface area contributed by atoms with Gasteiger partial charge in [0.25, 0.3) is 0 Å².